The van der Waals surface area contributed by atoms with Gasteiger partial charge in [0.05, 0.1) is 0 Å². The number of amidine groups is 1. The molecule has 0 aliphatic rings. The van der Waals surface area contributed by atoms with Crippen LogP contribution in [0.3, 0.4) is 0 Å². The summed E-state index contributed by atoms with van der Waals surface area (Å²) >= 11 is 2.60. The van der Waals surface area contributed by atoms with E-state index in [4.69, 9.17) is 9.88 Å². The van der Waals surface area contributed by atoms with E-state index in [-0.39, 0.29) is 20.9 Å². The molecule has 135 valence electrons. The Balaban J connectivity index is 2.17. The van der Waals surface area contributed by atoms with Crippen molar-refractivity contribution in [2.75, 3.05) is 0 Å². The van der Waals surface area contributed by atoms with Gasteiger partial charge in [-0.3, -0.25) is 0 Å². The monoisotopic (exact) mass is 440 g/mol. The summed E-state index contributed by atoms with van der Waals surface area (Å²) in [4.78, 5) is 27.5. The average molecular weight is 439 g/mol. The SMILES string of the molecule is CC(=O)Oc1ccccc1C(=O)NC([Se])=Nc1ccc(S(N)(=O)=O)cc1. The minimum absolute atomic E-state index is 0.0440. The molecule has 2 rings (SSSR count). The van der Waals surface area contributed by atoms with Crippen molar-refractivity contribution in [3.63, 3.8) is 0 Å². The number of rotatable bonds is 4. The molecular formula is C16H14N3O5SSe. The summed E-state index contributed by atoms with van der Waals surface area (Å²) in [5.41, 5.74) is 0.565. The molecule has 1 radical (unpaired) electrons. The summed E-state index contributed by atoms with van der Waals surface area (Å²) in [6, 6.07) is 11.8. The summed E-state index contributed by atoms with van der Waals surface area (Å²) < 4.78 is 27.6. The number of para-hydroxylation sites is 1. The number of nitrogens with one attached hydrogen (secondary N) is 1. The first-order valence-corrected chi connectivity index (χ1v) is 9.54. The van der Waals surface area contributed by atoms with Crippen LogP contribution in [0.15, 0.2) is 58.4 Å². The molecule has 0 atom stereocenters. The third-order valence-corrected chi connectivity index (χ3v) is 4.34. The molecule has 3 N–H and O–H groups in total. The van der Waals surface area contributed by atoms with Crippen molar-refractivity contribution in [2.45, 2.75) is 11.8 Å². The fourth-order valence-corrected chi connectivity index (χ4v) is 2.85. The van der Waals surface area contributed by atoms with Crippen LogP contribution in [0.1, 0.15) is 17.3 Å². The van der Waals surface area contributed by atoms with Crippen molar-refractivity contribution in [1.29, 1.82) is 0 Å². The molecule has 8 nitrogen and oxygen atoms in total. The first kappa shape index (κ1) is 19.8. The van der Waals surface area contributed by atoms with E-state index in [9.17, 15) is 18.0 Å². The van der Waals surface area contributed by atoms with Gasteiger partial charge in [0.2, 0.25) is 0 Å². The van der Waals surface area contributed by atoms with Gasteiger partial charge in [-0.2, -0.15) is 0 Å². The van der Waals surface area contributed by atoms with Crippen molar-refractivity contribution in [2.24, 2.45) is 10.1 Å². The van der Waals surface area contributed by atoms with Crippen LogP contribution in [0, 0.1) is 0 Å². The Bertz CT molecular complexity index is 972. The van der Waals surface area contributed by atoms with Crippen molar-refractivity contribution in [3.05, 3.63) is 54.1 Å². The van der Waals surface area contributed by atoms with Gasteiger partial charge in [0.1, 0.15) is 0 Å². The van der Waals surface area contributed by atoms with Crippen LogP contribution in [0.5, 0.6) is 5.75 Å². The summed E-state index contributed by atoms with van der Waals surface area (Å²) in [5, 5.41) is 7.55. The standard InChI is InChI=1S/C16H14N3O5SSe/c1-10(20)24-14-5-3-2-4-13(14)15(21)19-16(26)18-11-6-8-12(9-7-11)25(17,22)23/h2-9H,1H3,(H2,17,22,23)(H,18,19,21). The molecule has 0 spiro atoms. The van der Waals surface area contributed by atoms with Gasteiger partial charge in [0.25, 0.3) is 0 Å². The minimum atomic E-state index is -3.79. The Morgan fingerprint density at radius 3 is 2.31 bits per heavy atom. The number of primary sulfonamides is 1. The van der Waals surface area contributed by atoms with E-state index >= 15 is 0 Å². The number of nitrogens with zero attached hydrogens (tertiary/aromatic N) is 1. The van der Waals surface area contributed by atoms with Gasteiger partial charge in [-0.05, 0) is 0 Å². The maximum atomic E-state index is 12.3. The topological polar surface area (TPSA) is 128 Å². The summed E-state index contributed by atoms with van der Waals surface area (Å²) in [6.07, 6.45) is 0. The summed E-state index contributed by atoms with van der Waals surface area (Å²) in [7, 11) is -3.79. The molecule has 0 aromatic heterocycles. The Kier molecular flexibility index (Phi) is 6.27. The zero-order valence-electron chi connectivity index (χ0n) is 13.5. The molecule has 0 fully saturated rings. The number of ether oxygens (including phenoxy) is 1. The molecule has 0 aliphatic heterocycles. The molecule has 0 unspecified atom stereocenters. The molecule has 0 saturated heterocycles. The zero-order chi connectivity index (χ0) is 19.3. The van der Waals surface area contributed by atoms with E-state index < -0.39 is 21.9 Å². The predicted octanol–water partition coefficient (Wildman–Crippen LogP) is 0.845. The van der Waals surface area contributed by atoms with Gasteiger partial charge in [-0.1, -0.05) is 0 Å². The van der Waals surface area contributed by atoms with E-state index in [1.807, 2.05) is 0 Å². The van der Waals surface area contributed by atoms with Gasteiger partial charge < -0.3 is 0 Å². The first-order chi connectivity index (χ1) is 12.2. The molecule has 26 heavy (non-hydrogen) atoms. The Labute approximate surface area is 158 Å². The molecule has 0 bridgehead atoms. The molecular weight excluding hydrogens is 425 g/mol. The average Bonchev–Trinajstić information content (AvgIpc) is 2.54. The summed E-state index contributed by atoms with van der Waals surface area (Å²) in [6.45, 7) is 1.24. The van der Waals surface area contributed by atoms with E-state index in [1.54, 1.807) is 12.1 Å². The molecule has 0 heterocycles. The Morgan fingerprint density at radius 1 is 1.12 bits per heavy atom. The second-order valence-corrected chi connectivity index (χ2v) is 7.37. The van der Waals surface area contributed by atoms with Crippen LogP contribution < -0.4 is 15.2 Å². The van der Waals surface area contributed by atoms with Crippen LogP contribution in [-0.2, 0) is 14.8 Å². The van der Waals surface area contributed by atoms with E-state index in [2.05, 4.69) is 26.3 Å². The van der Waals surface area contributed by atoms with Crippen molar-refractivity contribution in [1.82, 2.24) is 5.32 Å². The second kappa shape index (κ2) is 8.24. The zero-order valence-corrected chi connectivity index (χ0v) is 16.0. The van der Waals surface area contributed by atoms with Crippen LogP contribution in [0.2, 0.25) is 0 Å². The quantitative estimate of drug-likeness (QED) is 0.240. The molecule has 2 aromatic carbocycles. The third kappa shape index (κ3) is 5.50. The number of carbonyl (C=O) groups is 2. The van der Waals surface area contributed by atoms with Crippen LogP contribution in [0.4, 0.5) is 5.69 Å². The Hall–Kier alpha value is -2.52. The summed E-state index contributed by atoms with van der Waals surface area (Å²) in [5.74, 6) is -0.944. The molecule has 1 amide bonds. The van der Waals surface area contributed by atoms with Crippen molar-refractivity contribution < 1.29 is 22.7 Å². The maximum absolute atomic E-state index is 12.3. The first-order valence-electron chi connectivity index (χ1n) is 7.14. The predicted molar refractivity (Wildman–Crippen MR) is 95.9 cm³/mol. The van der Waals surface area contributed by atoms with Crippen molar-refractivity contribution in [3.8, 4) is 5.75 Å². The number of amides is 1. The van der Waals surface area contributed by atoms with E-state index in [1.165, 1.54) is 43.3 Å². The fraction of sp³-hybridized carbons (Fsp3) is 0.0625. The van der Waals surface area contributed by atoms with E-state index in [0.29, 0.717) is 5.69 Å². The molecule has 0 saturated carbocycles. The number of sulfonamides is 1. The fourth-order valence-electron chi connectivity index (χ4n) is 1.92. The van der Waals surface area contributed by atoms with Gasteiger partial charge in [0, 0.05) is 0 Å². The van der Waals surface area contributed by atoms with Crippen molar-refractivity contribution >= 4 is 48.3 Å². The van der Waals surface area contributed by atoms with Crippen LogP contribution in [-0.4, -0.2) is 41.0 Å². The number of aliphatic imine (C=N–C) groups is 1. The van der Waals surface area contributed by atoms with Gasteiger partial charge in [-0.15, -0.1) is 0 Å². The number of hydrogen-bond acceptors (Lipinski definition) is 6. The van der Waals surface area contributed by atoms with Crippen LogP contribution in [0.25, 0.3) is 0 Å². The number of esters is 1. The number of nitrogens with two attached hydrogens (primary N) is 1. The number of benzene rings is 2. The number of hydrogen-bond donors (Lipinski definition) is 2. The van der Waals surface area contributed by atoms with Gasteiger partial charge >= 0.3 is 158 Å². The second-order valence-electron chi connectivity index (χ2n) is 5.00. The van der Waals surface area contributed by atoms with Gasteiger partial charge in [-0.25, -0.2) is 0 Å². The molecule has 2 aromatic rings. The molecule has 10 heteroatoms. The normalized spacial score (nSPS) is 11.7. The van der Waals surface area contributed by atoms with Gasteiger partial charge in [0.15, 0.2) is 0 Å². The third-order valence-electron chi connectivity index (χ3n) is 3.00. The molecule has 0 aliphatic carbocycles. The number of carbonyl (C=O) groups excluding carboxylic acids is 2. The van der Waals surface area contributed by atoms with Crippen LogP contribution >= 0.6 is 0 Å². The Morgan fingerprint density at radius 2 is 1.73 bits per heavy atom. The van der Waals surface area contributed by atoms with E-state index in [0.717, 1.165) is 0 Å².